The van der Waals surface area contributed by atoms with Gasteiger partial charge in [0.15, 0.2) is 0 Å². The van der Waals surface area contributed by atoms with Crippen LogP contribution in [-0.2, 0) is 6.54 Å². The van der Waals surface area contributed by atoms with Gasteiger partial charge in [-0.05, 0) is 42.3 Å². The first-order valence-corrected chi connectivity index (χ1v) is 7.71. The van der Waals surface area contributed by atoms with Crippen molar-refractivity contribution in [3.63, 3.8) is 0 Å². The van der Waals surface area contributed by atoms with E-state index in [1.54, 1.807) is 18.2 Å². The van der Waals surface area contributed by atoms with E-state index >= 15 is 0 Å². The minimum atomic E-state index is -0.355. The number of nitrogens with one attached hydrogen (secondary N) is 1. The Labute approximate surface area is 138 Å². The normalized spacial score (nSPS) is 13.5. The molecule has 0 saturated heterocycles. The predicted octanol–water partition coefficient (Wildman–Crippen LogP) is 3.37. The van der Waals surface area contributed by atoms with Crippen molar-refractivity contribution in [3.8, 4) is 17.2 Å². The number of halogens is 1. The molecular weight excluding hydrogens is 305 g/mol. The summed E-state index contributed by atoms with van der Waals surface area (Å²) in [6, 6.07) is 12.1. The summed E-state index contributed by atoms with van der Waals surface area (Å²) >= 11 is 0. The Morgan fingerprint density at radius 1 is 1.29 bits per heavy atom. The van der Waals surface area contributed by atoms with Crippen LogP contribution >= 0.6 is 0 Å². The minimum absolute atomic E-state index is 0.132. The molecule has 2 heterocycles. The van der Waals surface area contributed by atoms with Crippen LogP contribution in [0.15, 0.2) is 36.4 Å². The van der Waals surface area contributed by atoms with Crippen LogP contribution in [0.5, 0.6) is 0 Å². The molecule has 1 aliphatic heterocycles. The number of benzene rings is 2. The average Bonchev–Trinajstić information content (AvgIpc) is 2.88. The van der Waals surface area contributed by atoms with Gasteiger partial charge in [-0.15, -0.1) is 0 Å². The third-order valence-electron chi connectivity index (χ3n) is 4.51. The van der Waals surface area contributed by atoms with E-state index in [9.17, 15) is 9.18 Å². The molecule has 0 unspecified atom stereocenters. The molecule has 1 amide bonds. The highest BCUT2D eigenvalue weighted by Gasteiger charge is 2.25. The first kappa shape index (κ1) is 14.5. The number of hydrogen-bond acceptors (Lipinski definition) is 2. The van der Waals surface area contributed by atoms with E-state index in [1.165, 1.54) is 12.1 Å². The van der Waals surface area contributed by atoms with E-state index in [-0.39, 0.29) is 11.7 Å². The number of carbonyl (C=O) groups is 1. The highest BCUT2D eigenvalue weighted by molar-refractivity contribution is 6.06. The third-order valence-corrected chi connectivity index (χ3v) is 4.51. The summed E-state index contributed by atoms with van der Waals surface area (Å²) in [6.45, 7) is 3.03. The maximum atomic E-state index is 14.2. The molecule has 1 aliphatic rings. The number of nitriles is 1. The second-order valence-corrected chi connectivity index (χ2v) is 5.92. The summed E-state index contributed by atoms with van der Waals surface area (Å²) in [4.78, 5) is 12.2. The second kappa shape index (κ2) is 5.20. The number of aryl methyl sites for hydroxylation is 1. The lowest BCUT2D eigenvalue weighted by Gasteiger charge is -2.18. The number of aromatic nitrogens is 1. The lowest BCUT2D eigenvalue weighted by Crippen LogP contribution is -2.35. The summed E-state index contributed by atoms with van der Waals surface area (Å²) in [5.41, 5.74) is 4.19. The smallest absolute Gasteiger partial charge is 0.268 e. The second-order valence-electron chi connectivity index (χ2n) is 5.92. The van der Waals surface area contributed by atoms with E-state index in [0.717, 1.165) is 22.0 Å². The van der Waals surface area contributed by atoms with Gasteiger partial charge in [0.05, 0.1) is 17.1 Å². The van der Waals surface area contributed by atoms with Crippen LogP contribution in [0.3, 0.4) is 0 Å². The lowest BCUT2D eigenvalue weighted by atomic mass is 10.00. The quantitative estimate of drug-likeness (QED) is 0.747. The summed E-state index contributed by atoms with van der Waals surface area (Å²) in [6.07, 6.45) is 0. The van der Waals surface area contributed by atoms with E-state index < -0.39 is 0 Å². The van der Waals surface area contributed by atoms with Crippen LogP contribution in [0, 0.1) is 24.1 Å². The Morgan fingerprint density at radius 2 is 2.12 bits per heavy atom. The van der Waals surface area contributed by atoms with Crippen molar-refractivity contribution in [1.82, 2.24) is 9.88 Å². The van der Waals surface area contributed by atoms with E-state index in [1.807, 2.05) is 17.6 Å². The molecule has 0 aliphatic carbocycles. The monoisotopic (exact) mass is 319 g/mol. The molecule has 24 heavy (non-hydrogen) atoms. The molecule has 0 spiro atoms. The van der Waals surface area contributed by atoms with Gasteiger partial charge < -0.3 is 9.88 Å². The molecular formula is C19H14FN3O. The molecule has 1 N–H and O–H groups in total. The third kappa shape index (κ3) is 2.00. The number of hydrogen-bond donors (Lipinski definition) is 1. The lowest BCUT2D eigenvalue weighted by molar-refractivity contribution is 0.0928. The van der Waals surface area contributed by atoms with Crippen LogP contribution in [-0.4, -0.2) is 17.0 Å². The van der Waals surface area contributed by atoms with Crippen LogP contribution in [0.2, 0.25) is 0 Å². The summed E-state index contributed by atoms with van der Waals surface area (Å²) < 4.78 is 16.2. The van der Waals surface area contributed by atoms with Crippen LogP contribution in [0.1, 0.15) is 21.6 Å². The van der Waals surface area contributed by atoms with Gasteiger partial charge in [0.2, 0.25) is 0 Å². The Bertz CT molecular complexity index is 1040. The molecule has 0 bridgehead atoms. The van der Waals surface area contributed by atoms with Gasteiger partial charge in [0.25, 0.3) is 5.91 Å². The largest absolute Gasteiger partial charge is 0.349 e. The van der Waals surface area contributed by atoms with Crippen LogP contribution < -0.4 is 5.32 Å². The first-order valence-electron chi connectivity index (χ1n) is 7.71. The Balaban J connectivity index is 2.11. The zero-order chi connectivity index (χ0) is 16.8. The molecule has 0 atom stereocenters. The molecule has 3 aromatic rings. The van der Waals surface area contributed by atoms with Crippen molar-refractivity contribution < 1.29 is 9.18 Å². The average molecular weight is 319 g/mol. The zero-order valence-electron chi connectivity index (χ0n) is 13.1. The molecule has 5 heteroatoms. The van der Waals surface area contributed by atoms with Crippen molar-refractivity contribution in [2.75, 3.05) is 6.54 Å². The molecule has 0 saturated carbocycles. The number of amides is 1. The summed E-state index contributed by atoms with van der Waals surface area (Å²) in [5.74, 6) is -0.488. The Morgan fingerprint density at radius 3 is 2.92 bits per heavy atom. The van der Waals surface area contributed by atoms with Crippen molar-refractivity contribution in [2.45, 2.75) is 13.5 Å². The minimum Gasteiger partial charge on any atom is -0.349 e. The molecule has 1 aromatic heterocycles. The van der Waals surface area contributed by atoms with Gasteiger partial charge in [-0.2, -0.15) is 5.26 Å². The Hall–Kier alpha value is -3.13. The van der Waals surface area contributed by atoms with Gasteiger partial charge in [-0.25, -0.2) is 4.39 Å². The fraction of sp³-hybridized carbons (Fsp3) is 0.158. The van der Waals surface area contributed by atoms with E-state index in [4.69, 9.17) is 5.26 Å². The number of rotatable bonds is 1. The standard InChI is InChI=1S/C19H14FN3O/c1-11-15-8-14(20)9-16(13-4-2-3-12(7-13)10-21)18(15)23-6-5-22-19(24)17(11)23/h2-4,7-9H,5-6H2,1H3,(H,22,24). The molecule has 0 radical (unpaired) electrons. The van der Waals surface area contributed by atoms with Crippen molar-refractivity contribution in [3.05, 3.63) is 59.0 Å². The van der Waals surface area contributed by atoms with Crippen LogP contribution in [0.4, 0.5) is 4.39 Å². The first-order chi connectivity index (χ1) is 11.6. The highest BCUT2D eigenvalue weighted by Crippen LogP contribution is 2.36. The van der Waals surface area contributed by atoms with Gasteiger partial charge in [-0.1, -0.05) is 12.1 Å². The molecule has 118 valence electrons. The van der Waals surface area contributed by atoms with E-state index in [2.05, 4.69) is 11.4 Å². The van der Waals surface area contributed by atoms with Crippen molar-refractivity contribution in [2.24, 2.45) is 0 Å². The van der Waals surface area contributed by atoms with Crippen molar-refractivity contribution >= 4 is 16.8 Å². The Kier molecular flexibility index (Phi) is 3.14. The molecule has 4 nitrogen and oxygen atoms in total. The number of carbonyl (C=O) groups excluding carboxylic acids is 1. The van der Waals surface area contributed by atoms with Crippen molar-refractivity contribution in [1.29, 1.82) is 5.26 Å². The summed E-state index contributed by atoms with van der Waals surface area (Å²) in [5, 5.41) is 12.7. The maximum Gasteiger partial charge on any atom is 0.268 e. The number of fused-ring (bicyclic) bond motifs is 3. The summed E-state index contributed by atoms with van der Waals surface area (Å²) in [7, 11) is 0. The van der Waals surface area contributed by atoms with Crippen LogP contribution in [0.25, 0.3) is 22.0 Å². The van der Waals surface area contributed by atoms with Gasteiger partial charge in [0.1, 0.15) is 11.5 Å². The fourth-order valence-corrected chi connectivity index (χ4v) is 3.48. The molecule has 0 fully saturated rings. The molecule has 2 aromatic carbocycles. The molecule has 4 rings (SSSR count). The van der Waals surface area contributed by atoms with E-state index in [0.29, 0.717) is 29.9 Å². The predicted molar refractivity (Wildman–Crippen MR) is 89.1 cm³/mol. The SMILES string of the molecule is Cc1c2n(c3c(-c4cccc(C#N)c4)cc(F)cc13)CCNC2=O. The fourth-order valence-electron chi connectivity index (χ4n) is 3.48. The topological polar surface area (TPSA) is 57.8 Å². The maximum absolute atomic E-state index is 14.2. The van der Waals surface area contributed by atoms with Gasteiger partial charge in [-0.3, -0.25) is 4.79 Å². The number of nitrogens with zero attached hydrogens (tertiary/aromatic N) is 2. The highest BCUT2D eigenvalue weighted by atomic mass is 19.1. The zero-order valence-corrected chi connectivity index (χ0v) is 13.1. The van der Waals surface area contributed by atoms with Gasteiger partial charge >= 0.3 is 0 Å². The van der Waals surface area contributed by atoms with Gasteiger partial charge in [0, 0.05) is 24.0 Å².